The Bertz CT molecular complexity index is 51.5. The molecule has 1 aliphatic heterocycles. The first-order chi connectivity index (χ1) is 2.84. The Morgan fingerprint density at radius 1 is 1.83 bits per heavy atom. The van der Waals surface area contributed by atoms with E-state index < -0.39 is 0 Å². The van der Waals surface area contributed by atoms with E-state index in [4.69, 9.17) is 0 Å². The van der Waals surface area contributed by atoms with Crippen LogP contribution in [0.1, 0.15) is 6.92 Å². The van der Waals surface area contributed by atoms with Crippen molar-refractivity contribution in [3.63, 3.8) is 0 Å². The highest BCUT2D eigenvalue weighted by Crippen LogP contribution is 2.40. The predicted octanol–water partition coefficient (Wildman–Crippen LogP) is 1.42. The summed E-state index contributed by atoms with van der Waals surface area (Å²) in [5.41, 5.74) is 0. The molecule has 0 aromatic carbocycles. The van der Waals surface area contributed by atoms with E-state index in [9.17, 15) is 0 Å². The monoisotopic (exact) mass is 120 g/mol. The zero-order valence-electron chi connectivity index (χ0n) is 3.72. The van der Waals surface area contributed by atoms with Gasteiger partial charge in [0.25, 0.3) is 0 Å². The average Bonchev–Trinajstić information content (AvgIpc) is 2.19. The van der Waals surface area contributed by atoms with Gasteiger partial charge >= 0.3 is 0 Å². The lowest BCUT2D eigenvalue weighted by molar-refractivity contribution is 1.06. The van der Waals surface area contributed by atoms with Crippen molar-refractivity contribution in [2.45, 2.75) is 17.4 Å². The minimum absolute atomic E-state index is 0.883. The van der Waals surface area contributed by atoms with Crippen LogP contribution < -0.4 is 0 Å². The molecule has 0 bridgehead atoms. The lowest BCUT2D eigenvalue weighted by Crippen LogP contribution is -1.87. The Balaban J connectivity index is 2.09. The Hall–Kier alpha value is 0.700. The Morgan fingerprint density at radius 2 is 2.33 bits per heavy atom. The van der Waals surface area contributed by atoms with Gasteiger partial charge in [0, 0.05) is 16.3 Å². The van der Waals surface area contributed by atoms with Gasteiger partial charge in [0.2, 0.25) is 0 Å². The van der Waals surface area contributed by atoms with E-state index in [0.717, 1.165) is 16.3 Å². The van der Waals surface area contributed by atoms with Crippen LogP contribution in [0.3, 0.4) is 0 Å². The highest BCUT2D eigenvalue weighted by atomic mass is 32.2. The predicted molar refractivity (Wildman–Crippen MR) is 34.7 cm³/mol. The maximum Gasteiger partial charge on any atom is 0.0255 e. The van der Waals surface area contributed by atoms with Gasteiger partial charge in [0.15, 0.2) is 0 Å². The molecule has 0 nitrogen and oxygen atoms in total. The highest BCUT2D eigenvalue weighted by molar-refractivity contribution is 8.08. The first-order valence-corrected chi connectivity index (χ1v) is 3.68. The van der Waals surface area contributed by atoms with Gasteiger partial charge in [-0.05, 0) is 0 Å². The van der Waals surface area contributed by atoms with Crippen molar-refractivity contribution >= 4 is 24.4 Å². The lowest BCUT2D eigenvalue weighted by atomic mass is 10.4. The summed E-state index contributed by atoms with van der Waals surface area (Å²) in [7, 11) is 0. The molecule has 1 saturated heterocycles. The second kappa shape index (κ2) is 1.66. The van der Waals surface area contributed by atoms with Gasteiger partial charge in [0.1, 0.15) is 0 Å². The van der Waals surface area contributed by atoms with Gasteiger partial charge in [-0.25, -0.2) is 0 Å². The third-order valence-corrected chi connectivity index (χ3v) is 3.02. The summed E-state index contributed by atoms with van der Waals surface area (Å²) in [4.78, 5) is 0. The molecule has 0 saturated carbocycles. The van der Waals surface area contributed by atoms with E-state index in [1.54, 1.807) is 0 Å². The van der Waals surface area contributed by atoms with E-state index >= 15 is 0 Å². The summed E-state index contributed by atoms with van der Waals surface area (Å²) in [5, 5.41) is 1.79. The van der Waals surface area contributed by atoms with E-state index in [2.05, 4.69) is 19.6 Å². The molecule has 1 aliphatic rings. The summed E-state index contributed by atoms with van der Waals surface area (Å²) in [6.07, 6.45) is 0. The maximum atomic E-state index is 4.12. The fraction of sp³-hybridized carbons (Fsp3) is 1.00. The Kier molecular flexibility index (Phi) is 1.34. The third kappa shape index (κ3) is 0.850. The molecule has 1 rings (SSSR count). The van der Waals surface area contributed by atoms with Crippen molar-refractivity contribution in [3.05, 3.63) is 0 Å². The number of thiol groups is 1. The summed E-state index contributed by atoms with van der Waals surface area (Å²) in [5.74, 6) is 1.06. The van der Waals surface area contributed by atoms with E-state index in [1.807, 2.05) is 11.8 Å². The van der Waals surface area contributed by atoms with E-state index in [-0.39, 0.29) is 0 Å². The minimum Gasteiger partial charge on any atom is -0.178 e. The molecule has 36 valence electrons. The van der Waals surface area contributed by atoms with Gasteiger partial charge in [-0.3, -0.25) is 0 Å². The van der Waals surface area contributed by atoms with Crippen molar-refractivity contribution in [2.24, 2.45) is 0 Å². The zero-order chi connectivity index (χ0) is 4.57. The molecule has 0 spiro atoms. The van der Waals surface area contributed by atoms with Crippen LogP contribution >= 0.6 is 24.4 Å². The van der Waals surface area contributed by atoms with Crippen molar-refractivity contribution in [3.8, 4) is 0 Å². The van der Waals surface area contributed by atoms with Crippen LogP contribution in [0.25, 0.3) is 0 Å². The molecule has 2 atom stereocenters. The van der Waals surface area contributed by atoms with Gasteiger partial charge < -0.3 is 0 Å². The van der Waals surface area contributed by atoms with Crippen LogP contribution in [0.2, 0.25) is 0 Å². The van der Waals surface area contributed by atoms with E-state index in [0.29, 0.717) is 0 Å². The summed E-state index contributed by atoms with van der Waals surface area (Å²) in [6, 6.07) is 0. The van der Waals surface area contributed by atoms with Crippen LogP contribution in [0.15, 0.2) is 0 Å². The molecule has 1 heterocycles. The average molecular weight is 120 g/mol. The van der Waals surface area contributed by atoms with Gasteiger partial charge in [0.05, 0.1) is 0 Å². The maximum absolute atomic E-state index is 4.12. The molecule has 2 heteroatoms. The molecular formula is C4H8S2. The smallest absolute Gasteiger partial charge is 0.0255 e. The number of hydrogen-bond donors (Lipinski definition) is 1. The first kappa shape index (κ1) is 4.85. The molecule has 0 N–H and O–H groups in total. The third-order valence-electron chi connectivity index (χ3n) is 1.02. The van der Waals surface area contributed by atoms with Crippen LogP contribution in [0.4, 0.5) is 0 Å². The van der Waals surface area contributed by atoms with Gasteiger partial charge in [-0.1, -0.05) is 6.92 Å². The van der Waals surface area contributed by atoms with Gasteiger partial charge in [-0.15, -0.1) is 0 Å². The molecule has 0 aromatic rings. The molecule has 0 radical (unpaired) electrons. The van der Waals surface area contributed by atoms with Crippen molar-refractivity contribution in [2.75, 3.05) is 5.75 Å². The standard InChI is InChI=1S/C4H8S2/c1-3-4(2-5)6-3/h3-5H,2H2,1H3. The second-order valence-corrected chi connectivity index (χ2v) is 3.55. The number of thioether (sulfide) groups is 1. The van der Waals surface area contributed by atoms with Crippen LogP contribution in [-0.2, 0) is 0 Å². The van der Waals surface area contributed by atoms with E-state index in [1.165, 1.54) is 0 Å². The fourth-order valence-corrected chi connectivity index (χ4v) is 1.78. The molecule has 2 unspecified atom stereocenters. The molecular weight excluding hydrogens is 112 g/mol. The number of hydrogen-bond acceptors (Lipinski definition) is 2. The van der Waals surface area contributed by atoms with Crippen molar-refractivity contribution in [1.82, 2.24) is 0 Å². The lowest BCUT2D eigenvalue weighted by Gasteiger charge is -1.75. The van der Waals surface area contributed by atoms with Gasteiger partial charge in [-0.2, -0.15) is 24.4 Å². The second-order valence-electron chi connectivity index (χ2n) is 1.56. The van der Waals surface area contributed by atoms with Crippen molar-refractivity contribution in [1.29, 1.82) is 0 Å². The highest BCUT2D eigenvalue weighted by Gasteiger charge is 2.31. The summed E-state index contributed by atoms with van der Waals surface area (Å²) >= 11 is 6.13. The molecule has 0 amide bonds. The Morgan fingerprint density at radius 3 is 2.33 bits per heavy atom. The molecule has 6 heavy (non-hydrogen) atoms. The van der Waals surface area contributed by atoms with Crippen LogP contribution in [0.5, 0.6) is 0 Å². The quantitative estimate of drug-likeness (QED) is 0.403. The molecule has 0 aromatic heterocycles. The first-order valence-electron chi connectivity index (χ1n) is 2.11. The molecule has 1 fully saturated rings. The normalized spacial score (nSPS) is 43.0. The fourth-order valence-electron chi connectivity index (χ4n) is 0.422. The minimum atomic E-state index is 0.883. The van der Waals surface area contributed by atoms with Crippen LogP contribution in [0, 0.1) is 0 Å². The van der Waals surface area contributed by atoms with Crippen LogP contribution in [-0.4, -0.2) is 16.3 Å². The largest absolute Gasteiger partial charge is 0.178 e. The summed E-state index contributed by atoms with van der Waals surface area (Å²) < 4.78 is 0. The number of rotatable bonds is 1. The topological polar surface area (TPSA) is 0 Å². The molecule has 0 aliphatic carbocycles. The van der Waals surface area contributed by atoms with Crippen molar-refractivity contribution < 1.29 is 0 Å². The summed E-state index contributed by atoms with van der Waals surface area (Å²) in [6.45, 7) is 2.24. The SMILES string of the molecule is CC1SC1CS. The Labute approximate surface area is 48.1 Å². The zero-order valence-corrected chi connectivity index (χ0v) is 5.43.